The molecular weight excluding hydrogens is 418 g/mol. The number of rotatable bonds is 7. The van der Waals surface area contributed by atoms with Crippen molar-refractivity contribution < 1.29 is 9.59 Å². The Balaban J connectivity index is 1.34. The highest BCUT2D eigenvalue weighted by Crippen LogP contribution is 2.32. The van der Waals surface area contributed by atoms with Gasteiger partial charge in [0.25, 0.3) is 11.8 Å². The van der Waals surface area contributed by atoms with Crippen LogP contribution in [0.1, 0.15) is 22.8 Å². The molecule has 0 saturated carbocycles. The number of para-hydroxylation sites is 1. The molecule has 5 nitrogen and oxygen atoms in total. The Morgan fingerprint density at radius 1 is 1.12 bits per heavy atom. The topological polar surface area (TPSA) is 61.8 Å². The summed E-state index contributed by atoms with van der Waals surface area (Å²) in [5.74, 6) is -0.327. The fourth-order valence-electron chi connectivity index (χ4n) is 3.57. The van der Waals surface area contributed by atoms with Gasteiger partial charge in [0.05, 0.1) is 15.9 Å². The zero-order valence-corrected chi connectivity index (χ0v) is 18.7. The first-order valence-corrected chi connectivity index (χ1v) is 11.6. The molecule has 0 saturated heterocycles. The Kier molecular flexibility index (Phi) is 7.02. The molecule has 1 atom stereocenters. The Bertz CT molecular complexity index is 1100. The number of fused-ring (bicyclic) bond motifs is 1. The number of nitrogens with one attached hydrogen (secondary N) is 1. The molecule has 1 heterocycles. The van der Waals surface area contributed by atoms with Crippen molar-refractivity contribution in [2.45, 2.75) is 12.2 Å². The van der Waals surface area contributed by atoms with Gasteiger partial charge < -0.3 is 10.2 Å². The SMILES string of the molecule is CCN(CCNC(=O)c1ccc(/C=C2\SC3C=CC=CC3=NC2=O)cc1)c1ccccc1. The monoisotopic (exact) mass is 443 g/mol. The van der Waals surface area contributed by atoms with Gasteiger partial charge in [-0.3, -0.25) is 9.59 Å². The van der Waals surface area contributed by atoms with E-state index in [1.807, 2.05) is 60.7 Å². The second kappa shape index (κ2) is 10.3. The lowest BCUT2D eigenvalue weighted by Crippen LogP contribution is -2.34. The lowest BCUT2D eigenvalue weighted by Gasteiger charge is -2.23. The Morgan fingerprint density at radius 2 is 1.91 bits per heavy atom. The Labute approximate surface area is 192 Å². The molecule has 2 amide bonds. The molecule has 1 unspecified atom stereocenters. The van der Waals surface area contributed by atoms with Crippen molar-refractivity contribution in [3.8, 4) is 0 Å². The van der Waals surface area contributed by atoms with E-state index in [4.69, 9.17) is 0 Å². The van der Waals surface area contributed by atoms with E-state index < -0.39 is 0 Å². The maximum atomic E-state index is 12.5. The van der Waals surface area contributed by atoms with Crippen LogP contribution in [0.2, 0.25) is 0 Å². The zero-order valence-electron chi connectivity index (χ0n) is 17.9. The van der Waals surface area contributed by atoms with Crippen molar-refractivity contribution in [1.82, 2.24) is 5.32 Å². The predicted octanol–water partition coefficient (Wildman–Crippen LogP) is 4.49. The van der Waals surface area contributed by atoms with Crippen LogP contribution in [0.15, 0.2) is 88.8 Å². The van der Waals surface area contributed by atoms with Gasteiger partial charge in [0.1, 0.15) is 0 Å². The van der Waals surface area contributed by atoms with Crippen LogP contribution in [0.25, 0.3) is 6.08 Å². The third-order valence-electron chi connectivity index (χ3n) is 5.29. The van der Waals surface area contributed by atoms with Crippen molar-refractivity contribution in [2.24, 2.45) is 4.99 Å². The maximum absolute atomic E-state index is 12.5. The third kappa shape index (κ3) is 5.26. The van der Waals surface area contributed by atoms with E-state index in [1.165, 1.54) is 11.8 Å². The molecule has 0 radical (unpaired) electrons. The number of carbonyl (C=O) groups excluding carboxylic acids is 2. The van der Waals surface area contributed by atoms with Crippen molar-refractivity contribution in [3.05, 3.63) is 94.9 Å². The third-order valence-corrected chi connectivity index (χ3v) is 6.49. The summed E-state index contributed by atoms with van der Waals surface area (Å²) in [5.41, 5.74) is 3.40. The maximum Gasteiger partial charge on any atom is 0.283 e. The minimum absolute atomic E-state index is 0.0765. The molecular formula is C26H25N3O2S. The highest BCUT2D eigenvalue weighted by Gasteiger charge is 2.25. The van der Waals surface area contributed by atoms with Crippen molar-refractivity contribution in [3.63, 3.8) is 0 Å². The molecule has 1 aliphatic carbocycles. The smallest absolute Gasteiger partial charge is 0.283 e. The zero-order chi connectivity index (χ0) is 22.3. The van der Waals surface area contributed by atoms with Crippen molar-refractivity contribution in [1.29, 1.82) is 0 Å². The van der Waals surface area contributed by atoms with Gasteiger partial charge >= 0.3 is 0 Å². The van der Waals surface area contributed by atoms with Crippen LogP contribution in [0.3, 0.4) is 0 Å². The lowest BCUT2D eigenvalue weighted by molar-refractivity contribution is -0.113. The quantitative estimate of drug-likeness (QED) is 0.641. The number of likely N-dealkylation sites (N-methyl/N-ethyl adjacent to an activating group) is 1. The molecule has 2 aromatic carbocycles. The summed E-state index contributed by atoms with van der Waals surface area (Å²) in [4.78, 5) is 31.9. The van der Waals surface area contributed by atoms with Crippen LogP contribution in [-0.4, -0.2) is 42.4 Å². The molecule has 2 aromatic rings. The minimum Gasteiger partial charge on any atom is -0.370 e. The molecule has 4 rings (SSSR count). The number of nitrogens with zero attached hydrogens (tertiary/aromatic N) is 2. The van der Waals surface area contributed by atoms with Gasteiger partial charge in [-0.2, -0.15) is 0 Å². The van der Waals surface area contributed by atoms with Gasteiger partial charge in [-0.05, 0) is 48.9 Å². The number of hydrogen-bond donors (Lipinski definition) is 1. The standard InChI is InChI=1S/C26H25N3O2S/c1-2-29(21-8-4-3-5-9-21)17-16-27-25(30)20-14-12-19(13-15-20)18-24-26(31)28-22-10-6-7-11-23(22)32-24/h3-15,18,23H,2,16-17H2,1H3,(H,27,30)/b24-18-. The average Bonchev–Trinajstić information content (AvgIpc) is 2.83. The molecule has 2 aliphatic rings. The predicted molar refractivity (Wildman–Crippen MR) is 133 cm³/mol. The van der Waals surface area contributed by atoms with Gasteiger partial charge in [0, 0.05) is 30.9 Å². The van der Waals surface area contributed by atoms with E-state index in [0.717, 1.165) is 30.1 Å². The van der Waals surface area contributed by atoms with Crippen molar-refractivity contribution >= 4 is 41.1 Å². The van der Waals surface area contributed by atoms with Crippen LogP contribution < -0.4 is 10.2 Å². The van der Waals surface area contributed by atoms with Gasteiger partial charge in [-0.1, -0.05) is 48.6 Å². The van der Waals surface area contributed by atoms with Gasteiger partial charge in [-0.25, -0.2) is 4.99 Å². The van der Waals surface area contributed by atoms with Crippen LogP contribution in [0, 0.1) is 0 Å². The van der Waals surface area contributed by atoms with Crippen molar-refractivity contribution in [2.75, 3.05) is 24.5 Å². The van der Waals surface area contributed by atoms with Crippen LogP contribution in [0.4, 0.5) is 5.69 Å². The van der Waals surface area contributed by atoms with E-state index in [-0.39, 0.29) is 17.1 Å². The molecule has 1 aliphatic heterocycles. The van der Waals surface area contributed by atoms with E-state index >= 15 is 0 Å². The van der Waals surface area contributed by atoms with Gasteiger partial charge in [0.15, 0.2) is 0 Å². The van der Waals surface area contributed by atoms with E-state index in [0.29, 0.717) is 17.0 Å². The Hall–Kier alpha value is -3.38. The van der Waals surface area contributed by atoms with Crippen LogP contribution >= 0.6 is 11.8 Å². The van der Waals surface area contributed by atoms with E-state index in [1.54, 1.807) is 12.1 Å². The molecule has 0 spiro atoms. The molecule has 32 heavy (non-hydrogen) atoms. The summed E-state index contributed by atoms with van der Waals surface area (Å²) < 4.78 is 0. The molecule has 0 fully saturated rings. The molecule has 0 aromatic heterocycles. The van der Waals surface area contributed by atoms with Gasteiger partial charge in [-0.15, -0.1) is 11.8 Å². The van der Waals surface area contributed by atoms with E-state index in [2.05, 4.69) is 34.3 Å². The highest BCUT2D eigenvalue weighted by molar-refractivity contribution is 8.05. The normalized spacial score (nSPS) is 18.3. The number of hydrogen-bond acceptors (Lipinski definition) is 4. The summed E-state index contributed by atoms with van der Waals surface area (Å²) in [5, 5.41) is 3.06. The minimum atomic E-state index is -0.220. The largest absolute Gasteiger partial charge is 0.370 e. The van der Waals surface area contributed by atoms with Crippen LogP contribution in [0.5, 0.6) is 0 Å². The summed E-state index contributed by atoms with van der Waals surface area (Å²) >= 11 is 1.50. The fraction of sp³-hybridized carbons (Fsp3) is 0.192. The van der Waals surface area contributed by atoms with Crippen LogP contribution in [-0.2, 0) is 4.79 Å². The summed E-state index contributed by atoms with van der Waals surface area (Å²) in [6.45, 7) is 4.27. The summed E-state index contributed by atoms with van der Waals surface area (Å²) in [7, 11) is 0. The second-order valence-electron chi connectivity index (χ2n) is 7.43. The van der Waals surface area contributed by atoms with Gasteiger partial charge in [0.2, 0.25) is 0 Å². The lowest BCUT2D eigenvalue weighted by atomic mass is 10.1. The number of thioether (sulfide) groups is 1. The number of benzene rings is 2. The van der Waals surface area contributed by atoms with E-state index in [9.17, 15) is 9.59 Å². The first-order chi connectivity index (χ1) is 15.6. The summed E-state index contributed by atoms with van der Waals surface area (Å²) in [6, 6.07) is 17.4. The number of allylic oxidation sites excluding steroid dienone is 3. The average molecular weight is 444 g/mol. The number of anilines is 1. The molecule has 0 bridgehead atoms. The number of aliphatic imine (C=N–C) groups is 1. The molecule has 1 N–H and O–H groups in total. The first kappa shape index (κ1) is 21.8. The Morgan fingerprint density at radius 3 is 2.66 bits per heavy atom. The number of carbonyl (C=O) groups is 2. The summed E-state index contributed by atoms with van der Waals surface area (Å²) in [6.07, 6.45) is 9.61. The first-order valence-electron chi connectivity index (χ1n) is 10.7. The second-order valence-corrected chi connectivity index (χ2v) is 8.61. The fourth-order valence-corrected chi connectivity index (χ4v) is 4.61. The number of amides is 2. The molecule has 162 valence electrons. The molecule has 6 heteroatoms. The highest BCUT2D eigenvalue weighted by atomic mass is 32.2.